The number of hydrogen-bond donors (Lipinski definition) is 1. The molecule has 1 aromatic carbocycles. The fraction of sp³-hybridized carbons (Fsp3) is 0.625. The summed E-state index contributed by atoms with van der Waals surface area (Å²) in [5, 5.41) is 10.2. The van der Waals surface area contributed by atoms with Crippen molar-refractivity contribution in [1.29, 1.82) is 0 Å². The van der Waals surface area contributed by atoms with Crippen molar-refractivity contribution in [2.24, 2.45) is 0 Å². The summed E-state index contributed by atoms with van der Waals surface area (Å²) in [5.74, 6) is 0. The van der Waals surface area contributed by atoms with Crippen LogP contribution < -0.4 is 0 Å². The molecule has 2 unspecified atom stereocenters. The van der Waals surface area contributed by atoms with Gasteiger partial charge in [0.25, 0.3) is 0 Å². The number of aliphatic hydroxyl groups is 1. The minimum Gasteiger partial charge on any atom is -0.386 e. The van der Waals surface area contributed by atoms with Gasteiger partial charge in [-0.15, -0.1) is 0 Å². The predicted octanol–water partition coefficient (Wildman–Crippen LogP) is 3.11. The summed E-state index contributed by atoms with van der Waals surface area (Å²) in [6, 6.07) is 8.04. The molecule has 0 amide bonds. The number of aryl methyl sites for hydroxylation is 1. The molecule has 0 spiro atoms. The van der Waals surface area contributed by atoms with Crippen LogP contribution in [-0.4, -0.2) is 31.0 Å². The molecular formula is C16H26O3. The smallest absolute Gasteiger partial charge is 0.105 e. The molecule has 1 aromatic rings. The standard InChI is InChI=1S/C16H26O3/c1-4-10-18-11-12-19-13(3)16(17)15-8-6-14(5-2)7-9-15/h6-9,13,16-17H,4-5,10-12H2,1-3H3. The van der Waals surface area contributed by atoms with Crippen LogP contribution in [0, 0.1) is 0 Å². The Hall–Kier alpha value is -0.900. The van der Waals surface area contributed by atoms with E-state index in [0.29, 0.717) is 13.2 Å². The molecule has 1 rings (SSSR count). The summed E-state index contributed by atoms with van der Waals surface area (Å²) in [6.07, 6.45) is 1.22. The lowest BCUT2D eigenvalue weighted by Crippen LogP contribution is -2.21. The molecule has 0 aromatic heterocycles. The molecule has 0 aliphatic carbocycles. The summed E-state index contributed by atoms with van der Waals surface area (Å²) in [7, 11) is 0. The van der Waals surface area contributed by atoms with Crippen LogP contribution in [0.5, 0.6) is 0 Å². The first-order valence-electron chi connectivity index (χ1n) is 7.15. The SMILES string of the molecule is CCCOCCOC(C)C(O)c1ccc(CC)cc1. The van der Waals surface area contributed by atoms with Gasteiger partial charge >= 0.3 is 0 Å². The van der Waals surface area contributed by atoms with Gasteiger partial charge in [-0.1, -0.05) is 38.1 Å². The second-order valence-corrected chi connectivity index (χ2v) is 4.73. The zero-order valence-electron chi connectivity index (χ0n) is 12.3. The Morgan fingerprint density at radius 1 is 1.05 bits per heavy atom. The molecule has 0 aliphatic rings. The molecule has 0 heterocycles. The van der Waals surface area contributed by atoms with Crippen molar-refractivity contribution in [2.45, 2.75) is 45.8 Å². The van der Waals surface area contributed by atoms with E-state index in [1.165, 1.54) is 5.56 Å². The molecule has 3 nitrogen and oxygen atoms in total. The second kappa shape index (κ2) is 9.08. The molecule has 0 aliphatic heterocycles. The molecule has 0 radical (unpaired) electrons. The van der Waals surface area contributed by atoms with E-state index in [1.54, 1.807) is 0 Å². The highest BCUT2D eigenvalue weighted by molar-refractivity contribution is 5.24. The van der Waals surface area contributed by atoms with Gasteiger partial charge in [0.1, 0.15) is 6.10 Å². The van der Waals surface area contributed by atoms with Crippen molar-refractivity contribution in [3.8, 4) is 0 Å². The van der Waals surface area contributed by atoms with E-state index in [0.717, 1.165) is 25.0 Å². The highest BCUT2D eigenvalue weighted by Crippen LogP contribution is 2.19. The fourth-order valence-electron chi connectivity index (χ4n) is 1.85. The number of aliphatic hydroxyl groups excluding tert-OH is 1. The summed E-state index contributed by atoms with van der Waals surface area (Å²) in [5.41, 5.74) is 2.18. The number of rotatable bonds is 9. The summed E-state index contributed by atoms with van der Waals surface area (Å²) in [4.78, 5) is 0. The normalized spacial score (nSPS) is 14.3. The minimum atomic E-state index is -0.586. The molecule has 0 saturated heterocycles. The van der Waals surface area contributed by atoms with Gasteiger partial charge in [-0.2, -0.15) is 0 Å². The van der Waals surface area contributed by atoms with E-state index in [9.17, 15) is 5.11 Å². The van der Waals surface area contributed by atoms with Crippen molar-refractivity contribution in [3.05, 3.63) is 35.4 Å². The van der Waals surface area contributed by atoms with E-state index in [-0.39, 0.29) is 6.10 Å². The number of ether oxygens (including phenoxy) is 2. The monoisotopic (exact) mass is 266 g/mol. The van der Waals surface area contributed by atoms with E-state index in [4.69, 9.17) is 9.47 Å². The van der Waals surface area contributed by atoms with Crippen molar-refractivity contribution in [3.63, 3.8) is 0 Å². The minimum absolute atomic E-state index is 0.224. The maximum atomic E-state index is 10.2. The van der Waals surface area contributed by atoms with Crippen LogP contribution in [0.25, 0.3) is 0 Å². The molecule has 1 N–H and O–H groups in total. The molecule has 0 fully saturated rings. The Balaban J connectivity index is 2.36. The van der Waals surface area contributed by atoms with Crippen molar-refractivity contribution in [1.82, 2.24) is 0 Å². The topological polar surface area (TPSA) is 38.7 Å². The molecule has 108 valence electrons. The molecule has 2 atom stereocenters. The van der Waals surface area contributed by atoms with Gasteiger partial charge in [-0.25, -0.2) is 0 Å². The summed E-state index contributed by atoms with van der Waals surface area (Å²) < 4.78 is 10.9. The van der Waals surface area contributed by atoms with Gasteiger partial charge in [0, 0.05) is 6.61 Å². The Kier molecular flexibility index (Phi) is 7.72. The first-order chi connectivity index (χ1) is 9.19. The molecular weight excluding hydrogens is 240 g/mol. The largest absolute Gasteiger partial charge is 0.386 e. The third kappa shape index (κ3) is 5.72. The average Bonchev–Trinajstić information content (AvgIpc) is 2.46. The molecule has 19 heavy (non-hydrogen) atoms. The van der Waals surface area contributed by atoms with E-state index in [2.05, 4.69) is 26.0 Å². The van der Waals surface area contributed by atoms with Gasteiger partial charge < -0.3 is 14.6 Å². The van der Waals surface area contributed by atoms with Crippen LogP contribution in [-0.2, 0) is 15.9 Å². The zero-order valence-corrected chi connectivity index (χ0v) is 12.3. The van der Waals surface area contributed by atoms with Gasteiger partial charge in [0.2, 0.25) is 0 Å². The van der Waals surface area contributed by atoms with E-state index in [1.807, 2.05) is 19.1 Å². The summed E-state index contributed by atoms with van der Waals surface area (Å²) >= 11 is 0. The molecule has 3 heteroatoms. The maximum Gasteiger partial charge on any atom is 0.105 e. The Labute approximate surface area is 116 Å². The highest BCUT2D eigenvalue weighted by Gasteiger charge is 2.16. The predicted molar refractivity (Wildman–Crippen MR) is 77.3 cm³/mol. The Bertz CT molecular complexity index is 334. The average molecular weight is 266 g/mol. The van der Waals surface area contributed by atoms with E-state index >= 15 is 0 Å². The lowest BCUT2D eigenvalue weighted by atomic mass is 10.0. The Morgan fingerprint density at radius 2 is 1.74 bits per heavy atom. The van der Waals surface area contributed by atoms with Gasteiger partial charge in [-0.3, -0.25) is 0 Å². The maximum absolute atomic E-state index is 10.2. The van der Waals surface area contributed by atoms with Crippen molar-refractivity contribution in [2.75, 3.05) is 19.8 Å². The molecule has 0 bridgehead atoms. The van der Waals surface area contributed by atoms with Crippen LogP contribution >= 0.6 is 0 Å². The highest BCUT2D eigenvalue weighted by atomic mass is 16.5. The van der Waals surface area contributed by atoms with Gasteiger partial charge in [0.15, 0.2) is 0 Å². The van der Waals surface area contributed by atoms with Crippen LogP contribution in [0.3, 0.4) is 0 Å². The molecule has 0 saturated carbocycles. The van der Waals surface area contributed by atoms with Crippen molar-refractivity contribution >= 4 is 0 Å². The van der Waals surface area contributed by atoms with Gasteiger partial charge in [-0.05, 0) is 30.9 Å². The van der Waals surface area contributed by atoms with Crippen LogP contribution in [0.2, 0.25) is 0 Å². The van der Waals surface area contributed by atoms with Gasteiger partial charge in [0.05, 0.1) is 19.3 Å². The fourth-order valence-corrected chi connectivity index (χ4v) is 1.85. The van der Waals surface area contributed by atoms with Crippen LogP contribution in [0.1, 0.15) is 44.4 Å². The third-order valence-electron chi connectivity index (χ3n) is 3.13. The lowest BCUT2D eigenvalue weighted by molar-refractivity contribution is -0.0481. The lowest BCUT2D eigenvalue weighted by Gasteiger charge is -2.20. The van der Waals surface area contributed by atoms with Crippen LogP contribution in [0.15, 0.2) is 24.3 Å². The third-order valence-corrected chi connectivity index (χ3v) is 3.13. The number of benzene rings is 1. The first-order valence-corrected chi connectivity index (χ1v) is 7.15. The summed E-state index contributed by atoms with van der Waals surface area (Å²) in [6.45, 7) is 7.95. The zero-order chi connectivity index (χ0) is 14.1. The Morgan fingerprint density at radius 3 is 2.32 bits per heavy atom. The quantitative estimate of drug-likeness (QED) is 0.698. The first kappa shape index (κ1) is 16.2. The van der Waals surface area contributed by atoms with E-state index < -0.39 is 6.10 Å². The van der Waals surface area contributed by atoms with Crippen LogP contribution in [0.4, 0.5) is 0 Å². The number of hydrogen-bond acceptors (Lipinski definition) is 3. The van der Waals surface area contributed by atoms with Crippen molar-refractivity contribution < 1.29 is 14.6 Å². The second-order valence-electron chi connectivity index (χ2n) is 4.73.